The zero-order valence-electron chi connectivity index (χ0n) is 19.4. The summed E-state index contributed by atoms with van der Waals surface area (Å²) >= 11 is 0. The van der Waals surface area contributed by atoms with Gasteiger partial charge in [-0.15, -0.1) is 6.58 Å². The number of aliphatic imine (C=N–C) groups is 1. The summed E-state index contributed by atoms with van der Waals surface area (Å²) in [5.74, 6) is 0.731. The van der Waals surface area contributed by atoms with Crippen LogP contribution < -0.4 is 15.6 Å². The van der Waals surface area contributed by atoms with Crippen LogP contribution in [0.15, 0.2) is 103 Å². The Balaban J connectivity index is 1.64. The lowest BCUT2D eigenvalue weighted by Crippen LogP contribution is -2.49. The molecule has 0 fully saturated rings. The van der Waals surface area contributed by atoms with Crippen LogP contribution in [0, 0.1) is 0 Å². The molecule has 3 aromatic carbocycles. The molecule has 180 valence electrons. The summed E-state index contributed by atoms with van der Waals surface area (Å²) in [6.45, 7) is 4.39. The standard InChI is InChI=1S/C28H29N3O4/c1-2-18-28(27(33)31-30-23-12-7-4-8-13-23)25(21-10-5-3-6-11-21)35-26(29-28)22-14-16-24(17-15-22)34-20-9-19-32/h2-8,10-17,25,30,32H,1,9,18-20H2,(H,31,33)/t25-,28-/m0/s1. The molecule has 0 aromatic heterocycles. The van der Waals surface area contributed by atoms with Crippen LogP contribution in [0.1, 0.15) is 30.1 Å². The fourth-order valence-corrected chi connectivity index (χ4v) is 3.92. The normalized spacial score (nSPS) is 18.8. The number of hydrazine groups is 1. The number of aliphatic hydroxyl groups excluding tert-OH is 1. The monoisotopic (exact) mass is 471 g/mol. The minimum atomic E-state index is -1.25. The van der Waals surface area contributed by atoms with Gasteiger partial charge in [0.25, 0.3) is 5.91 Å². The second kappa shape index (κ2) is 11.4. The van der Waals surface area contributed by atoms with Crippen molar-refractivity contribution in [1.29, 1.82) is 0 Å². The van der Waals surface area contributed by atoms with Crippen molar-refractivity contribution in [1.82, 2.24) is 5.43 Å². The van der Waals surface area contributed by atoms with Crippen LogP contribution in [0.25, 0.3) is 0 Å². The van der Waals surface area contributed by atoms with E-state index in [0.29, 0.717) is 24.7 Å². The quantitative estimate of drug-likeness (QED) is 0.219. The average Bonchev–Trinajstić information content (AvgIpc) is 3.30. The second-order valence-corrected chi connectivity index (χ2v) is 8.14. The lowest BCUT2D eigenvalue weighted by molar-refractivity contribution is -0.128. The number of nitrogens with one attached hydrogen (secondary N) is 2. The molecule has 2 atom stereocenters. The molecule has 0 bridgehead atoms. The number of carbonyl (C=O) groups is 1. The smallest absolute Gasteiger partial charge is 0.270 e. The van der Waals surface area contributed by atoms with Crippen LogP contribution in [-0.2, 0) is 9.53 Å². The first-order valence-corrected chi connectivity index (χ1v) is 11.5. The molecule has 0 aliphatic carbocycles. The van der Waals surface area contributed by atoms with Crippen molar-refractivity contribution in [2.24, 2.45) is 4.99 Å². The van der Waals surface area contributed by atoms with Gasteiger partial charge in [-0.05, 0) is 42.0 Å². The molecule has 7 heteroatoms. The van der Waals surface area contributed by atoms with Gasteiger partial charge < -0.3 is 14.6 Å². The van der Waals surface area contributed by atoms with E-state index in [2.05, 4.69) is 17.4 Å². The Bertz CT molecular complexity index is 1150. The maximum Gasteiger partial charge on any atom is 0.270 e. The van der Waals surface area contributed by atoms with Crippen LogP contribution >= 0.6 is 0 Å². The van der Waals surface area contributed by atoms with Crippen molar-refractivity contribution in [3.8, 4) is 5.75 Å². The van der Waals surface area contributed by atoms with E-state index >= 15 is 0 Å². The van der Waals surface area contributed by atoms with E-state index in [0.717, 1.165) is 16.8 Å². The van der Waals surface area contributed by atoms with E-state index < -0.39 is 11.6 Å². The predicted octanol–water partition coefficient (Wildman–Crippen LogP) is 4.42. The van der Waals surface area contributed by atoms with E-state index in [1.807, 2.05) is 84.9 Å². The van der Waals surface area contributed by atoms with Crippen molar-refractivity contribution in [3.63, 3.8) is 0 Å². The number of anilines is 1. The minimum absolute atomic E-state index is 0.0795. The number of hydrogen-bond acceptors (Lipinski definition) is 6. The largest absolute Gasteiger partial charge is 0.494 e. The van der Waals surface area contributed by atoms with Crippen LogP contribution in [0.4, 0.5) is 5.69 Å². The molecular weight excluding hydrogens is 442 g/mol. The topological polar surface area (TPSA) is 92.2 Å². The fourth-order valence-electron chi connectivity index (χ4n) is 3.92. The molecule has 0 unspecified atom stereocenters. The predicted molar refractivity (Wildman–Crippen MR) is 136 cm³/mol. The molecule has 0 saturated carbocycles. The Morgan fingerprint density at radius 3 is 2.40 bits per heavy atom. The third-order valence-electron chi connectivity index (χ3n) is 5.68. The molecule has 1 amide bonds. The molecule has 35 heavy (non-hydrogen) atoms. The van der Waals surface area contributed by atoms with Crippen molar-refractivity contribution in [2.75, 3.05) is 18.6 Å². The zero-order valence-corrected chi connectivity index (χ0v) is 19.4. The summed E-state index contributed by atoms with van der Waals surface area (Å²) in [4.78, 5) is 18.5. The summed E-state index contributed by atoms with van der Waals surface area (Å²) in [5, 5.41) is 8.93. The molecular formula is C28H29N3O4. The summed E-state index contributed by atoms with van der Waals surface area (Å²) < 4.78 is 12.0. The van der Waals surface area contributed by atoms with Gasteiger partial charge in [0.05, 0.1) is 12.3 Å². The number of carbonyl (C=O) groups excluding carboxylic acids is 1. The number of hydrogen-bond donors (Lipinski definition) is 3. The molecule has 3 N–H and O–H groups in total. The highest BCUT2D eigenvalue weighted by Gasteiger charge is 2.52. The van der Waals surface area contributed by atoms with Gasteiger partial charge >= 0.3 is 0 Å². The van der Waals surface area contributed by atoms with Crippen LogP contribution in [0.2, 0.25) is 0 Å². The first kappa shape index (κ1) is 24.0. The third-order valence-corrected chi connectivity index (χ3v) is 5.68. The molecule has 0 radical (unpaired) electrons. The van der Waals surface area contributed by atoms with E-state index in [1.165, 1.54) is 0 Å². The number of benzene rings is 3. The van der Waals surface area contributed by atoms with Crippen molar-refractivity contribution < 1.29 is 19.4 Å². The number of rotatable bonds is 11. The molecule has 7 nitrogen and oxygen atoms in total. The SMILES string of the molecule is C=CC[C@]1(C(=O)NNc2ccccc2)N=C(c2ccc(OCCCO)cc2)O[C@H]1c1ccccc1. The Morgan fingerprint density at radius 2 is 1.74 bits per heavy atom. The Hall–Kier alpha value is -4.10. The van der Waals surface area contributed by atoms with E-state index in [9.17, 15) is 4.79 Å². The van der Waals surface area contributed by atoms with E-state index in [4.69, 9.17) is 19.6 Å². The van der Waals surface area contributed by atoms with Crippen molar-refractivity contribution >= 4 is 17.5 Å². The van der Waals surface area contributed by atoms with Crippen LogP contribution in [-0.4, -0.2) is 35.7 Å². The van der Waals surface area contributed by atoms with Gasteiger partial charge in [-0.1, -0.05) is 54.6 Å². The lowest BCUT2D eigenvalue weighted by atomic mass is 9.84. The summed E-state index contributed by atoms with van der Waals surface area (Å²) in [6.07, 6.45) is 1.88. The van der Waals surface area contributed by atoms with Gasteiger partial charge in [0.2, 0.25) is 5.90 Å². The Kier molecular flexibility index (Phi) is 7.80. The number of amides is 1. The molecule has 0 spiro atoms. The van der Waals surface area contributed by atoms with E-state index in [1.54, 1.807) is 6.08 Å². The van der Waals surface area contributed by atoms with Gasteiger partial charge in [0.15, 0.2) is 11.6 Å². The zero-order chi connectivity index (χ0) is 24.5. The molecule has 1 heterocycles. The minimum Gasteiger partial charge on any atom is -0.494 e. The van der Waals surface area contributed by atoms with Gasteiger partial charge in [0.1, 0.15) is 5.75 Å². The molecule has 0 saturated heterocycles. The third kappa shape index (κ3) is 5.53. The fraction of sp³-hybridized carbons (Fsp3) is 0.214. The second-order valence-electron chi connectivity index (χ2n) is 8.14. The number of para-hydroxylation sites is 1. The van der Waals surface area contributed by atoms with Gasteiger partial charge in [0, 0.05) is 25.0 Å². The van der Waals surface area contributed by atoms with Crippen LogP contribution in [0.5, 0.6) is 5.75 Å². The highest BCUT2D eigenvalue weighted by Crippen LogP contribution is 2.42. The first-order chi connectivity index (χ1) is 17.2. The lowest BCUT2D eigenvalue weighted by Gasteiger charge is -2.29. The summed E-state index contributed by atoms with van der Waals surface area (Å²) in [5.41, 5.74) is 6.86. The summed E-state index contributed by atoms with van der Waals surface area (Å²) in [6, 6.07) is 26.3. The maximum absolute atomic E-state index is 13.6. The molecule has 4 rings (SSSR count). The number of ether oxygens (including phenoxy) is 2. The van der Waals surface area contributed by atoms with Crippen LogP contribution in [0.3, 0.4) is 0 Å². The highest BCUT2D eigenvalue weighted by molar-refractivity contribution is 6.01. The van der Waals surface area contributed by atoms with E-state index in [-0.39, 0.29) is 18.9 Å². The van der Waals surface area contributed by atoms with Gasteiger partial charge in [-0.3, -0.25) is 15.6 Å². The first-order valence-electron chi connectivity index (χ1n) is 11.5. The number of nitrogens with zero attached hydrogens (tertiary/aromatic N) is 1. The van der Waals surface area contributed by atoms with Gasteiger partial charge in [-0.2, -0.15) is 0 Å². The highest BCUT2D eigenvalue weighted by atomic mass is 16.5. The number of aliphatic hydroxyl groups is 1. The van der Waals surface area contributed by atoms with Gasteiger partial charge in [-0.25, -0.2) is 4.99 Å². The summed E-state index contributed by atoms with van der Waals surface area (Å²) in [7, 11) is 0. The Labute approximate surface area is 205 Å². The maximum atomic E-state index is 13.6. The molecule has 1 aliphatic heterocycles. The molecule has 1 aliphatic rings. The van der Waals surface area contributed by atoms with Crippen molar-refractivity contribution in [2.45, 2.75) is 24.5 Å². The Morgan fingerprint density at radius 1 is 1.06 bits per heavy atom. The molecule has 3 aromatic rings. The average molecular weight is 472 g/mol. The van der Waals surface area contributed by atoms with Crippen molar-refractivity contribution in [3.05, 3.63) is 109 Å².